The zero-order valence-corrected chi connectivity index (χ0v) is 11.5. The molecular weight excluding hydrogens is 321 g/mol. The quantitative estimate of drug-likeness (QED) is 0.888. The van der Waals surface area contributed by atoms with Gasteiger partial charge in [0.25, 0.3) is 0 Å². The first-order valence-corrected chi connectivity index (χ1v) is 6.27. The lowest BCUT2D eigenvalue weighted by molar-refractivity contribution is 0.619. The summed E-state index contributed by atoms with van der Waals surface area (Å²) < 4.78 is 13.5. The molecule has 0 aliphatic carbocycles. The first kappa shape index (κ1) is 13.3. The first-order valence-electron chi connectivity index (χ1n) is 5.10. The molecule has 6 heteroatoms. The number of anilines is 1. The summed E-state index contributed by atoms with van der Waals surface area (Å²) in [5.74, 6) is -0.0320. The minimum Gasteiger partial charge on any atom is -0.383 e. The minimum atomic E-state index is -0.506. The number of nitrogens with zero attached hydrogens (tertiary/aromatic N) is 1. The summed E-state index contributed by atoms with van der Waals surface area (Å²) in [6, 6.07) is 5.71. The van der Waals surface area contributed by atoms with Crippen LogP contribution in [-0.4, -0.2) is 4.98 Å². The van der Waals surface area contributed by atoms with E-state index in [4.69, 9.17) is 23.1 Å². The van der Waals surface area contributed by atoms with Gasteiger partial charge in [-0.2, -0.15) is 0 Å². The van der Waals surface area contributed by atoms with Crippen LogP contribution in [0.25, 0.3) is 0 Å². The molecule has 0 amide bonds. The molecule has 0 radical (unpaired) electrons. The Hall–Kier alpha value is -1.17. The van der Waals surface area contributed by atoms with Crippen molar-refractivity contribution in [3.05, 3.63) is 56.9 Å². The van der Waals surface area contributed by atoms with Gasteiger partial charge in [-0.3, -0.25) is 0 Å². The summed E-state index contributed by atoms with van der Waals surface area (Å²) in [6.07, 6.45) is 1.45. The van der Waals surface area contributed by atoms with Gasteiger partial charge in [0.1, 0.15) is 11.6 Å². The van der Waals surface area contributed by atoms with E-state index in [1.54, 1.807) is 18.2 Å². The van der Waals surface area contributed by atoms with Gasteiger partial charge in [0, 0.05) is 11.8 Å². The molecule has 0 aliphatic rings. The van der Waals surface area contributed by atoms with E-state index in [0.717, 1.165) is 5.56 Å². The lowest BCUT2D eigenvalue weighted by atomic mass is 10.0. The van der Waals surface area contributed by atoms with Crippen molar-refractivity contribution in [3.8, 4) is 0 Å². The molecule has 2 aromatic rings. The van der Waals surface area contributed by atoms with E-state index >= 15 is 0 Å². The highest BCUT2D eigenvalue weighted by atomic mass is 79.9. The van der Waals surface area contributed by atoms with E-state index < -0.39 is 6.04 Å². The summed E-state index contributed by atoms with van der Waals surface area (Å²) in [4.78, 5) is 3.95. The van der Waals surface area contributed by atoms with Gasteiger partial charge in [-0.15, -0.1) is 0 Å². The van der Waals surface area contributed by atoms with E-state index in [9.17, 15) is 4.39 Å². The predicted octanol–water partition coefficient (Wildman–Crippen LogP) is 3.27. The third-order valence-electron chi connectivity index (χ3n) is 2.55. The maximum absolute atomic E-state index is 13.2. The third-order valence-corrected chi connectivity index (χ3v) is 3.37. The van der Waals surface area contributed by atoms with Gasteiger partial charge < -0.3 is 11.5 Å². The molecule has 4 N–H and O–H groups in total. The minimum absolute atomic E-state index is 0.312. The molecule has 1 aromatic carbocycles. The zero-order valence-electron chi connectivity index (χ0n) is 9.20. The second-order valence-electron chi connectivity index (χ2n) is 3.78. The normalized spacial score (nSPS) is 12.4. The largest absolute Gasteiger partial charge is 0.383 e. The summed E-state index contributed by atoms with van der Waals surface area (Å²) in [7, 11) is 0. The van der Waals surface area contributed by atoms with Crippen LogP contribution in [0, 0.1) is 5.82 Å². The average Bonchev–Trinajstić information content (AvgIpc) is 2.35. The highest BCUT2D eigenvalue weighted by molar-refractivity contribution is 9.10. The van der Waals surface area contributed by atoms with Gasteiger partial charge in [-0.05, 0) is 39.7 Å². The lowest BCUT2D eigenvalue weighted by Gasteiger charge is -2.15. The van der Waals surface area contributed by atoms with Crippen LogP contribution in [0.15, 0.2) is 34.9 Å². The molecule has 0 bridgehead atoms. The fourth-order valence-corrected chi connectivity index (χ4v) is 2.16. The van der Waals surface area contributed by atoms with Gasteiger partial charge >= 0.3 is 0 Å². The smallest absolute Gasteiger partial charge is 0.137 e. The number of halogens is 3. The first-order chi connectivity index (χ1) is 8.49. The van der Waals surface area contributed by atoms with E-state index in [2.05, 4.69) is 20.9 Å². The van der Waals surface area contributed by atoms with Gasteiger partial charge in [0.2, 0.25) is 0 Å². The standard InChI is InChI=1S/C12H10BrClFN3/c13-9-3-6(1-2-10(9)15)11(16)8-4-7(14)5-18-12(8)17/h1-5,11H,16H2,(H2,17,18). The fraction of sp³-hybridized carbons (Fsp3) is 0.0833. The van der Waals surface area contributed by atoms with Crippen molar-refractivity contribution < 1.29 is 4.39 Å². The van der Waals surface area contributed by atoms with Crippen molar-refractivity contribution in [1.82, 2.24) is 4.98 Å². The van der Waals surface area contributed by atoms with Crippen LogP contribution < -0.4 is 11.5 Å². The van der Waals surface area contributed by atoms with Crippen molar-refractivity contribution >= 4 is 33.3 Å². The molecule has 1 heterocycles. The zero-order chi connectivity index (χ0) is 13.3. The second kappa shape index (κ2) is 5.22. The fourth-order valence-electron chi connectivity index (χ4n) is 1.60. The van der Waals surface area contributed by atoms with E-state index in [-0.39, 0.29) is 5.82 Å². The van der Waals surface area contributed by atoms with Crippen molar-refractivity contribution in [2.75, 3.05) is 5.73 Å². The van der Waals surface area contributed by atoms with E-state index in [0.29, 0.717) is 20.9 Å². The molecule has 18 heavy (non-hydrogen) atoms. The molecule has 0 spiro atoms. The van der Waals surface area contributed by atoms with Gasteiger partial charge in [-0.1, -0.05) is 17.7 Å². The summed E-state index contributed by atoms with van der Waals surface area (Å²) >= 11 is 8.98. The third kappa shape index (κ3) is 2.63. The predicted molar refractivity (Wildman–Crippen MR) is 73.8 cm³/mol. The Morgan fingerprint density at radius 1 is 1.33 bits per heavy atom. The molecule has 0 saturated carbocycles. The number of rotatable bonds is 2. The van der Waals surface area contributed by atoms with Gasteiger partial charge in [0.15, 0.2) is 0 Å². The van der Waals surface area contributed by atoms with Crippen molar-refractivity contribution in [3.63, 3.8) is 0 Å². The average molecular weight is 331 g/mol. The Labute approximate surface area is 117 Å². The van der Waals surface area contributed by atoms with E-state index in [1.165, 1.54) is 12.3 Å². The van der Waals surface area contributed by atoms with E-state index in [1.807, 2.05) is 0 Å². The Balaban J connectivity index is 2.44. The number of pyridine rings is 1. The van der Waals surface area contributed by atoms with Gasteiger partial charge in [-0.25, -0.2) is 9.37 Å². The summed E-state index contributed by atoms with van der Waals surface area (Å²) in [6.45, 7) is 0. The molecule has 1 atom stereocenters. The molecule has 1 unspecified atom stereocenters. The molecule has 0 fully saturated rings. The van der Waals surface area contributed by atoms with Gasteiger partial charge in [0.05, 0.1) is 15.5 Å². The Morgan fingerprint density at radius 2 is 2.06 bits per heavy atom. The molecule has 0 aliphatic heterocycles. The molecule has 0 saturated heterocycles. The maximum Gasteiger partial charge on any atom is 0.137 e. The summed E-state index contributed by atoms with van der Waals surface area (Å²) in [5.41, 5.74) is 13.2. The molecule has 2 rings (SSSR count). The molecule has 3 nitrogen and oxygen atoms in total. The van der Waals surface area contributed by atoms with Crippen LogP contribution in [0.3, 0.4) is 0 Å². The van der Waals surface area contributed by atoms with Crippen LogP contribution in [0.1, 0.15) is 17.2 Å². The van der Waals surface area contributed by atoms with Crippen LogP contribution in [0.4, 0.5) is 10.2 Å². The highest BCUT2D eigenvalue weighted by Crippen LogP contribution is 2.28. The number of hydrogen-bond acceptors (Lipinski definition) is 3. The second-order valence-corrected chi connectivity index (χ2v) is 5.07. The Kier molecular flexibility index (Phi) is 3.85. The van der Waals surface area contributed by atoms with Crippen molar-refractivity contribution in [2.24, 2.45) is 5.73 Å². The van der Waals surface area contributed by atoms with Crippen LogP contribution in [0.2, 0.25) is 5.02 Å². The van der Waals surface area contributed by atoms with Crippen LogP contribution in [0.5, 0.6) is 0 Å². The number of nitrogen functional groups attached to an aromatic ring is 1. The number of aromatic nitrogens is 1. The molecule has 94 valence electrons. The van der Waals surface area contributed by atoms with Crippen molar-refractivity contribution in [1.29, 1.82) is 0 Å². The Morgan fingerprint density at radius 3 is 2.72 bits per heavy atom. The maximum atomic E-state index is 13.2. The number of benzene rings is 1. The SMILES string of the molecule is Nc1ncc(Cl)cc1C(N)c1ccc(F)c(Br)c1. The number of nitrogens with two attached hydrogens (primary N) is 2. The highest BCUT2D eigenvalue weighted by Gasteiger charge is 2.14. The molecule has 1 aromatic heterocycles. The monoisotopic (exact) mass is 329 g/mol. The van der Waals surface area contributed by atoms with Crippen LogP contribution in [-0.2, 0) is 0 Å². The summed E-state index contributed by atoms with van der Waals surface area (Å²) in [5, 5.41) is 0.454. The lowest BCUT2D eigenvalue weighted by Crippen LogP contribution is -2.14. The Bertz CT molecular complexity index is 592. The molecular formula is C12H10BrClFN3. The van der Waals surface area contributed by atoms with Crippen molar-refractivity contribution in [2.45, 2.75) is 6.04 Å². The topological polar surface area (TPSA) is 64.9 Å². The number of hydrogen-bond donors (Lipinski definition) is 2. The van der Waals surface area contributed by atoms with Crippen LogP contribution >= 0.6 is 27.5 Å².